The minimum Gasteiger partial charge on any atom is -0.271 e. The van der Waals surface area contributed by atoms with Crippen LogP contribution in [0, 0.1) is 18.7 Å². The molecule has 1 saturated carbocycles. The molecule has 1 aromatic carbocycles. The Labute approximate surface area is 102 Å². The third kappa shape index (κ3) is 3.27. The summed E-state index contributed by atoms with van der Waals surface area (Å²) in [6, 6.07) is 5.23. The first kappa shape index (κ1) is 12.5. The second-order valence-corrected chi connectivity index (χ2v) is 5.17. The molecule has 1 aromatic rings. The summed E-state index contributed by atoms with van der Waals surface area (Å²) in [6.45, 7) is 1.91. The Hall–Kier alpha value is -0.930. The fourth-order valence-electron chi connectivity index (χ4n) is 2.85. The zero-order valence-electron chi connectivity index (χ0n) is 10.4. The van der Waals surface area contributed by atoms with Crippen molar-refractivity contribution in [2.45, 2.75) is 45.1 Å². The fourth-order valence-corrected chi connectivity index (χ4v) is 2.85. The van der Waals surface area contributed by atoms with Crippen molar-refractivity contribution in [3.05, 3.63) is 35.1 Å². The lowest BCUT2D eigenvalue weighted by Gasteiger charge is -2.20. The van der Waals surface area contributed by atoms with E-state index in [0.29, 0.717) is 0 Å². The number of nitrogens with one attached hydrogen (secondary N) is 1. The molecule has 0 aliphatic heterocycles. The number of hydrazine groups is 1. The predicted octanol–water partition coefficient (Wildman–Crippen LogP) is 3.22. The molecule has 1 fully saturated rings. The molecule has 0 amide bonds. The molecule has 1 aliphatic carbocycles. The summed E-state index contributed by atoms with van der Waals surface area (Å²) in [7, 11) is 0. The summed E-state index contributed by atoms with van der Waals surface area (Å²) >= 11 is 0. The van der Waals surface area contributed by atoms with Crippen molar-refractivity contribution in [2.75, 3.05) is 0 Å². The second-order valence-electron chi connectivity index (χ2n) is 5.17. The molecule has 0 aromatic heterocycles. The van der Waals surface area contributed by atoms with Gasteiger partial charge in [-0.3, -0.25) is 11.3 Å². The van der Waals surface area contributed by atoms with E-state index < -0.39 is 0 Å². The Morgan fingerprint density at radius 3 is 2.65 bits per heavy atom. The van der Waals surface area contributed by atoms with E-state index in [9.17, 15) is 4.39 Å². The van der Waals surface area contributed by atoms with E-state index in [1.54, 1.807) is 12.1 Å². The number of hydrogen-bond donors (Lipinski definition) is 2. The van der Waals surface area contributed by atoms with Crippen LogP contribution in [0.2, 0.25) is 0 Å². The largest absolute Gasteiger partial charge is 0.271 e. The van der Waals surface area contributed by atoms with Gasteiger partial charge in [0.25, 0.3) is 0 Å². The van der Waals surface area contributed by atoms with Gasteiger partial charge in [-0.15, -0.1) is 0 Å². The maximum atomic E-state index is 13.4. The summed E-state index contributed by atoms with van der Waals surface area (Å²) in [4.78, 5) is 0. The highest BCUT2D eigenvalue weighted by atomic mass is 19.1. The molecule has 3 N–H and O–H groups in total. The monoisotopic (exact) mass is 236 g/mol. The van der Waals surface area contributed by atoms with E-state index in [0.717, 1.165) is 23.5 Å². The van der Waals surface area contributed by atoms with Crippen molar-refractivity contribution in [3.8, 4) is 0 Å². The summed E-state index contributed by atoms with van der Waals surface area (Å²) in [5.41, 5.74) is 4.75. The van der Waals surface area contributed by atoms with E-state index in [1.807, 2.05) is 13.0 Å². The average Bonchev–Trinajstić information content (AvgIpc) is 2.77. The molecule has 0 radical (unpaired) electrons. The van der Waals surface area contributed by atoms with E-state index >= 15 is 0 Å². The molecule has 0 bridgehead atoms. The topological polar surface area (TPSA) is 38.0 Å². The average molecular weight is 236 g/mol. The van der Waals surface area contributed by atoms with Gasteiger partial charge in [0.05, 0.1) is 0 Å². The molecule has 94 valence electrons. The zero-order chi connectivity index (χ0) is 12.3. The van der Waals surface area contributed by atoms with Gasteiger partial charge in [0.1, 0.15) is 5.82 Å². The number of hydrogen-bond acceptors (Lipinski definition) is 2. The first-order valence-corrected chi connectivity index (χ1v) is 6.42. The SMILES string of the molecule is Cc1cc(F)cc(C(CC2CCCC2)NN)c1. The van der Waals surface area contributed by atoms with Gasteiger partial charge in [0.2, 0.25) is 0 Å². The highest BCUT2D eigenvalue weighted by Gasteiger charge is 2.21. The van der Waals surface area contributed by atoms with Crippen molar-refractivity contribution >= 4 is 0 Å². The van der Waals surface area contributed by atoms with Gasteiger partial charge < -0.3 is 0 Å². The van der Waals surface area contributed by atoms with Gasteiger partial charge in [-0.05, 0) is 42.5 Å². The molecular weight excluding hydrogens is 215 g/mol. The maximum absolute atomic E-state index is 13.4. The van der Waals surface area contributed by atoms with E-state index in [2.05, 4.69) is 5.43 Å². The summed E-state index contributed by atoms with van der Waals surface area (Å²) in [6.07, 6.45) is 6.23. The van der Waals surface area contributed by atoms with Crippen LogP contribution in [0.4, 0.5) is 4.39 Å². The van der Waals surface area contributed by atoms with Crippen LogP contribution in [0.1, 0.15) is 49.3 Å². The van der Waals surface area contributed by atoms with Gasteiger partial charge in [-0.1, -0.05) is 31.7 Å². The highest BCUT2D eigenvalue weighted by molar-refractivity contribution is 5.26. The normalized spacial score (nSPS) is 18.5. The van der Waals surface area contributed by atoms with Gasteiger partial charge in [-0.25, -0.2) is 4.39 Å². The van der Waals surface area contributed by atoms with Crippen LogP contribution < -0.4 is 11.3 Å². The van der Waals surface area contributed by atoms with Crippen molar-refractivity contribution in [3.63, 3.8) is 0 Å². The fraction of sp³-hybridized carbons (Fsp3) is 0.571. The Morgan fingerprint density at radius 1 is 1.35 bits per heavy atom. The molecule has 0 heterocycles. The van der Waals surface area contributed by atoms with Crippen LogP contribution in [-0.4, -0.2) is 0 Å². The molecular formula is C14H21FN2. The number of benzene rings is 1. The van der Waals surface area contributed by atoms with Crippen LogP contribution >= 0.6 is 0 Å². The quantitative estimate of drug-likeness (QED) is 0.622. The predicted molar refractivity (Wildman–Crippen MR) is 67.8 cm³/mol. The zero-order valence-corrected chi connectivity index (χ0v) is 10.4. The first-order chi connectivity index (χ1) is 8.19. The Kier molecular flexibility index (Phi) is 4.13. The molecule has 1 atom stereocenters. The van der Waals surface area contributed by atoms with Crippen molar-refractivity contribution in [1.82, 2.24) is 5.43 Å². The molecule has 0 spiro atoms. The minimum atomic E-state index is -0.174. The maximum Gasteiger partial charge on any atom is 0.123 e. The molecule has 1 unspecified atom stereocenters. The Morgan fingerprint density at radius 2 is 2.06 bits per heavy atom. The van der Waals surface area contributed by atoms with Crippen molar-refractivity contribution < 1.29 is 4.39 Å². The molecule has 0 saturated heterocycles. The van der Waals surface area contributed by atoms with Gasteiger partial charge in [0, 0.05) is 6.04 Å². The minimum absolute atomic E-state index is 0.0764. The third-order valence-electron chi connectivity index (χ3n) is 3.71. The lowest BCUT2D eigenvalue weighted by atomic mass is 9.93. The molecule has 2 rings (SSSR count). The van der Waals surface area contributed by atoms with Crippen molar-refractivity contribution in [1.29, 1.82) is 0 Å². The van der Waals surface area contributed by atoms with Crippen LogP contribution in [0.3, 0.4) is 0 Å². The molecule has 2 nitrogen and oxygen atoms in total. The lowest BCUT2D eigenvalue weighted by molar-refractivity contribution is 0.399. The standard InChI is InChI=1S/C14H21FN2/c1-10-6-12(9-13(15)7-10)14(17-16)8-11-4-2-3-5-11/h6-7,9,11,14,17H,2-5,8,16H2,1H3. The van der Waals surface area contributed by atoms with Crippen LogP contribution in [0.25, 0.3) is 0 Å². The number of rotatable bonds is 4. The van der Waals surface area contributed by atoms with Gasteiger partial charge >= 0.3 is 0 Å². The van der Waals surface area contributed by atoms with Crippen LogP contribution in [0.5, 0.6) is 0 Å². The van der Waals surface area contributed by atoms with Gasteiger partial charge in [-0.2, -0.15) is 0 Å². The summed E-state index contributed by atoms with van der Waals surface area (Å²) in [5, 5.41) is 0. The second kappa shape index (κ2) is 5.61. The first-order valence-electron chi connectivity index (χ1n) is 6.42. The third-order valence-corrected chi connectivity index (χ3v) is 3.71. The Balaban J connectivity index is 2.10. The van der Waals surface area contributed by atoms with Crippen LogP contribution in [-0.2, 0) is 0 Å². The molecule has 3 heteroatoms. The molecule has 17 heavy (non-hydrogen) atoms. The number of aryl methyl sites for hydroxylation is 1. The van der Waals surface area contributed by atoms with E-state index in [1.165, 1.54) is 25.7 Å². The number of halogens is 1. The van der Waals surface area contributed by atoms with Crippen LogP contribution in [0.15, 0.2) is 18.2 Å². The van der Waals surface area contributed by atoms with E-state index in [4.69, 9.17) is 5.84 Å². The highest BCUT2D eigenvalue weighted by Crippen LogP contribution is 2.33. The summed E-state index contributed by atoms with van der Waals surface area (Å²) in [5.74, 6) is 6.17. The Bertz CT molecular complexity index is 352. The molecule has 1 aliphatic rings. The smallest absolute Gasteiger partial charge is 0.123 e. The van der Waals surface area contributed by atoms with Gasteiger partial charge in [0.15, 0.2) is 0 Å². The number of nitrogens with two attached hydrogens (primary N) is 1. The lowest BCUT2D eigenvalue weighted by Crippen LogP contribution is -2.29. The summed E-state index contributed by atoms with van der Waals surface area (Å²) < 4.78 is 13.4. The van der Waals surface area contributed by atoms with E-state index in [-0.39, 0.29) is 11.9 Å². The van der Waals surface area contributed by atoms with Crippen molar-refractivity contribution in [2.24, 2.45) is 11.8 Å².